The van der Waals surface area contributed by atoms with E-state index in [9.17, 15) is 0 Å². The summed E-state index contributed by atoms with van der Waals surface area (Å²) in [5, 5.41) is 7.32. The van der Waals surface area contributed by atoms with E-state index < -0.39 is 11.3 Å². The fraction of sp³-hybridized carbons (Fsp3) is 0.552. The van der Waals surface area contributed by atoms with Gasteiger partial charge in [0.1, 0.15) is 11.3 Å². The maximum atomic E-state index is 15.1. The quantitative estimate of drug-likeness (QED) is 0.375. The molecule has 33 heavy (non-hydrogen) atoms. The molecule has 2 aliphatic rings. The van der Waals surface area contributed by atoms with Gasteiger partial charge in [0.15, 0.2) is 0 Å². The van der Waals surface area contributed by atoms with Crippen molar-refractivity contribution in [1.29, 1.82) is 5.26 Å². The molecule has 2 aliphatic carbocycles. The van der Waals surface area contributed by atoms with Gasteiger partial charge >= 0.3 is 0 Å². The van der Waals surface area contributed by atoms with Crippen molar-refractivity contribution in [3.05, 3.63) is 70.8 Å². The molecule has 2 saturated carbocycles. The van der Waals surface area contributed by atoms with Crippen LogP contribution in [0.15, 0.2) is 48.5 Å². The summed E-state index contributed by atoms with van der Waals surface area (Å²) in [5.74, 6) is 0. The highest BCUT2D eigenvalue weighted by atomic mass is 19.1. The molecule has 0 aliphatic heterocycles. The van der Waals surface area contributed by atoms with Crippen LogP contribution in [0.1, 0.15) is 82.1 Å². The highest BCUT2D eigenvalue weighted by Crippen LogP contribution is 2.56. The highest BCUT2D eigenvalue weighted by Gasteiger charge is 2.50. The van der Waals surface area contributed by atoms with Crippen LogP contribution in [0.4, 0.5) is 8.78 Å². The van der Waals surface area contributed by atoms with Crippen molar-refractivity contribution in [3.63, 3.8) is 0 Å². The molecule has 2 aromatic carbocycles. The van der Waals surface area contributed by atoms with Gasteiger partial charge in [0.05, 0.1) is 6.07 Å². The molecule has 0 amide bonds. The molecule has 2 fully saturated rings. The Hall–Kier alpha value is -2.25. The van der Waals surface area contributed by atoms with E-state index in [1.54, 1.807) is 6.07 Å². The van der Waals surface area contributed by atoms with E-state index in [1.807, 2.05) is 18.2 Å². The lowest BCUT2D eigenvalue weighted by Crippen LogP contribution is -2.40. The zero-order valence-corrected chi connectivity index (χ0v) is 20.6. The summed E-state index contributed by atoms with van der Waals surface area (Å²) in [6.45, 7) is 9.17. The van der Waals surface area contributed by atoms with Crippen molar-refractivity contribution in [3.8, 4) is 6.07 Å². The summed E-state index contributed by atoms with van der Waals surface area (Å²) in [6, 6.07) is 18.8. The lowest BCUT2D eigenvalue weighted by atomic mass is 9.89. The normalized spacial score (nSPS) is 18.3. The minimum absolute atomic E-state index is 0.360. The topological polar surface area (TPSA) is 27.0 Å². The highest BCUT2D eigenvalue weighted by molar-refractivity contribution is 5.46. The van der Waals surface area contributed by atoms with Gasteiger partial charge in [-0.05, 0) is 88.0 Å². The molecule has 178 valence electrons. The van der Waals surface area contributed by atoms with E-state index in [0.717, 1.165) is 42.5 Å². The molecule has 2 aromatic rings. The maximum absolute atomic E-state index is 15.1. The summed E-state index contributed by atoms with van der Waals surface area (Å²) in [5.41, 5.74) is 1.39. The molecule has 0 heterocycles. The smallest absolute Gasteiger partial charge is 0.136 e. The minimum atomic E-state index is -1.22. The van der Waals surface area contributed by atoms with Crippen LogP contribution < -0.4 is 0 Å². The lowest BCUT2D eigenvalue weighted by Gasteiger charge is -2.33. The van der Waals surface area contributed by atoms with Gasteiger partial charge in [0, 0.05) is 25.6 Å². The molecule has 1 atom stereocenters. The van der Waals surface area contributed by atoms with Gasteiger partial charge in [-0.2, -0.15) is 5.26 Å². The van der Waals surface area contributed by atoms with Gasteiger partial charge in [-0.15, -0.1) is 0 Å². The molecular formula is C29H38F2N2. The largest absolute Gasteiger partial charge is 0.298 e. The molecule has 0 N–H and O–H groups in total. The van der Waals surface area contributed by atoms with E-state index in [2.05, 4.69) is 56.0 Å². The van der Waals surface area contributed by atoms with Gasteiger partial charge < -0.3 is 0 Å². The Labute approximate surface area is 198 Å². The van der Waals surface area contributed by atoms with Crippen molar-refractivity contribution in [2.24, 2.45) is 0 Å². The van der Waals surface area contributed by atoms with Crippen LogP contribution >= 0.6 is 0 Å². The zero-order valence-electron chi connectivity index (χ0n) is 20.6. The fourth-order valence-corrected chi connectivity index (χ4v) is 4.86. The van der Waals surface area contributed by atoms with E-state index in [0.29, 0.717) is 37.8 Å². The number of benzene rings is 2. The maximum Gasteiger partial charge on any atom is 0.136 e. The molecule has 4 rings (SSSR count). The molecule has 0 saturated heterocycles. The first-order valence-electron chi connectivity index (χ1n) is 12.4. The Kier molecular flexibility index (Phi) is 8.29. The van der Waals surface area contributed by atoms with Gasteiger partial charge in [0.2, 0.25) is 0 Å². The van der Waals surface area contributed by atoms with E-state index in [-0.39, 0.29) is 0 Å². The number of hydrogen-bond donors (Lipinski definition) is 0. The Morgan fingerprint density at radius 1 is 0.879 bits per heavy atom. The summed E-state index contributed by atoms with van der Waals surface area (Å²) < 4.78 is 30.1. The average molecular weight is 453 g/mol. The molecule has 0 radical (unpaired) electrons. The summed E-state index contributed by atoms with van der Waals surface area (Å²) >= 11 is 0. The first-order valence-corrected chi connectivity index (χ1v) is 12.4. The number of rotatable bonds is 10. The first-order chi connectivity index (χ1) is 15.7. The van der Waals surface area contributed by atoms with E-state index >= 15 is 8.78 Å². The van der Waals surface area contributed by atoms with Crippen molar-refractivity contribution in [2.75, 3.05) is 6.54 Å². The third-order valence-electron chi connectivity index (χ3n) is 7.06. The summed E-state index contributed by atoms with van der Waals surface area (Å²) in [7, 11) is 0. The van der Waals surface area contributed by atoms with Crippen LogP contribution in [-0.4, -0.2) is 23.5 Å². The van der Waals surface area contributed by atoms with Gasteiger partial charge in [-0.25, -0.2) is 8.78 Å². The second kappa shape index (κ2) is 10.8. The summed E-state index contributed by atoms with van der Waals surface area (Å²) in [6.07, 6.45) is 5.00. The molecule has 1 unspecified atom stereocenters. The number of alkyl halides is 2. The van der Waals surface area contributed by atoms with Crippen molar-refractivity contribution in [2.45, 2.75) is 96.1 Å². The monoisotopic (exact) mass is 452 g/mol. The second-order valence-electron chi connectivity index (χ2n) is 9.94. The summed E-state index contributed by atoms with van der Waals surface area (Å²) in [4.78, 5) is 2.53. The predicted octanol–water partition coefficient (Wildman–Crippen LogP) is 7.41. The van der Waals surface area contributed by atoms with Crippen LogP contribution in [0, 0.1) is 11.3 Å². The Morgan fingerprint density at radius 2 is 1.39 bits per heavy atom. The van der Waals surface area contributed by atoms with Crippen molar-refractivity contribution >= 4 is 0 Å². The number of hydrogen-bond acceptors (Lipinski definition) is 2. The van der Waals surface area contributed by atoms with Crippen LogP contribution in [0.2, 0.25) is 0 Å². The standard InChI is InChI=1S/C27H35F2N.C2H3N/c1-20(2)30(19-14-22-8-5-4-6-9-22)21(3)12-13-23-24(26(28)15-16-26)10-7-11-25(23)27(29)17-18-27;1-2-3/h4-11,20-21H,12-19H2,1-3H3;1H3. The van der Waals surface area contributed by atoms with Crippen molar-refractivity contribution < 1.29 is 8.78 Å². The predicted molar refractivity (Wildman–Crippen MR) is 132 cm³/mol. The number of halogens is 2. The molecule has 2 nitrogen and oxygen atoms in total. The average Bonchev–Trinajstić information content (AvgIpc) is 3.72. The third kappa shape index (κ3) is 6.42. The van der Waals surface area contributed by atoms with Crippen LogP contribution in [0.25, 0.3) is 0 Å². The Bertz CT molecular complexity index is 904. The fourth-order valence-electron chi connectivity index (χ4n) is 4.86. The minimum Gasteiger partial charge on any atom is -0.298 e. The van der Waals surface area contributed by atoms with E-state index in [4.69, 9.17) is 5.26 Å². The number of nitrogens with zero attached hydrogens (tertiary/aromatic N) is 2. The van der Waals surface area contributed by atoms with Crippen LogP contribution in [-0.2, 0) is 24.2 Å². The zero-order chi connectivity index (χ0) is 24.1. The van der Waals surface area contributed by atoms with Gasteiger partial charge in [-0.3, -0.25) is 4.90 Å². The number of nitriles is 1. The first kappa shape index (κ1) is 25.4. The Balaban J connectivity index is 0.000000968. The van der Waals surface area contributed by atoms with Gasteiger partial charge in [0.25, 0.3) is 0 Å². The van der Waals surface area contributed by atoms with Gasteiger partial charge in [-0.1, -0.05) is 48.5 Å². The molecule has 0 spiro atoms. The van der Waals surface area contributed by atoms with Crippen LogP contribution in [0.3, 0.4) is 0 Å². The van der Waals surface area contributed by atoms with Crippen LogP contribution in [0.5, 0.6) is 0 Å². The van der Waals surface area contributed by atoms with Crippen molar-refractivity contribution in [1.82, 2.24) is 4.90 Å². The Morgan fingerprint density at radius 3 is 1.85 bits per heavy atom. The molecule has 0 bridgehead atoms. The molecular weight excluding hydrogens is 414 g/mol. The second-order valence-corrected chi connectivity index (χ2v) is 9.94. The lowest BCUT2D eigenvalue weighted by molar-refractivity contribution is 0.158. The van der Waals surface area contributed by atoms with E-state index in [1.165, 1.54) is 12.5 Å². The third-order valence-corrected chi connectivity index (χ3v) is 7.06. The SMILES string of the molecule is CC#N.CC(C)N(CCc1ccccc1)C(C)CCc1c(C2(F)CC2)cccc1C1(F)CC1. The molecule has 4 heteroatoms. The molecule has 0 aromatic heterocycles.